The number of hydrogen-bond acceptors (Lipinski definition) is 5. The van der Waals surface area contributed by atoms with Crippen molar-refractivity contribution in [3.05, 3.63) is 70.0 Å². The van der Waals surface area contributed by atoms with Crippen molar-refractivity contribution in [2.24, 2.45) is 0 Å². The third-order valence-corrected chi connectivity index (χ3v) is 5.26. The zero-order valence-electron chi connectivity index (χ0n) is 17.5. The smallest absolute Gasteiger partial charge is 0.272 e. The molecule has 0 unspecified atom stereocenters. The molecule has 4 rings (SSSR count). The fourth-order valence-electron chi connectivity index (χ4n) is 3.61. The van der Waals surface area contributed by atoms with Gasteiger partial charge in [0.15, 0.2) is 5.65 Å². The third-order valence-electron chi connectivity index (χ3n) is 5.26. The number of fused-ring (bicyclic) bond motifs is 1. The Balaban J connectivity index is 1.83. The van der Waals surface area contributed by atoms with Gasteiger partial charge in [-0.15, -0.1) is 0 Å². The number of benzene rings is 1. The molecule has 0 spiro atoms. The van der Waals surface area contributed by atoms with Gasteiger partial charge in [0, 0.05) is 43.1 Å². The minimum atomic E-state index is -0.156. The van der Waals surface area contributed by atoms with Gasteiger partial charge in [-0.3, -0.25) is 14.6 Å². The molecule has 0 saturated heterocycles. The number of H-pyrrole nitrogens is 1. The molecular weight excluding hydrogens is 382 g/mol. The number of hydrogen-bond donors (Lipinski definition) is 1. The van der Waals surface area contributed by atoms with E-state index in [0.717, 1.165) is 34.0 Å². The van der Waals surface area contributed by atoms with Crippen LogP contribution >= 0.6 is 0 Å². The second kappa shape index (κ2) is 8.16. The second-order valence-electron chi connectivity index (χ2n) is 7.36. The minimum Gasteiger partial charge on any atom is -0.497 e. The van der Waals surface area contributed by atoms with Crippen molar-refractivity contribution < 1.29 is 9.47 Å². The van der Waals surface area contributed by atoms with Crippen molar-refractivity contribution in [2.45, 2.75) is 32.9 Å². The first-order chi connectivity index (χ1) is 14.5. The van der Waals surface area contributed by atoms with Crippen molar-refractivity contribution in [1.29, 1.82) is 0 Å². The van der Waals surface area contributed by atoms with Crippen LogP contribution in [0.4, 0.5) is 0 Å². The predicted octanol–water partition coefficient (Wildman–Crippen LogP) is 3.15. The SMILES string of the molecule is COCc1[nH]n2c(=O)cc([C@H](C)Cn3nccc3C)nc2c1-c1ccc(OC)cc1. The summed E-state index contributed by atoms with van der Waals surface area (Å²) in [5.41, 5.74) is 4.80. The van der Waals surface area contributed by atoms with E-state index in [1.54, 1.807) is 26.5 Å². The Morgan fingerprint density at radius 2 is 1.93 bits per heavy atom. The summed E-state index contributed by atoms with van der Waals surface area (Å²) in [6, 6.07) is 11.2. The lowest BCUT2D eigenvalue weighted by Crippen LogP contribution is -2.18. The minimum absolute atomic E-state index is 0.0193. The topological polar surface area (TPSA) is 86.4 Å². The lowest BCUT2D eigenvalue weighted by molar-refractivity contribution is 0.181. The molecule has 1 aromatic carbocycles. The molecule has 156 valence electrons. The lowest BCUT2D eigenvalue weighted by Gasteiger charge is -2.13. The fourth-order valence-corrected chi connectivity index (χ4v) is 3.61. The van der Waals surface area contributed by atoms with Gasteiger partial charge in [-0.2, -0.15) is 5.10 Å². The largest absolute Gasteiger partial charge is 0.497 e. The van der Waals surface area contributed by atoms with Crippen LogP contribution < -0.4 is 10.3 Å². The number of aromatic amines is 1. The molecule has 0 aliphatic carbocycles. The average Bonchev–Trinajstić information content (AvgIpc) is 3.32. The Morgan fingerprint density at radius 1 is 1.17 bits per heavy atom. The van der Waals surface area contributed by atoms with Gasteiger partial charge in [0.2, 0.25) is 0 Å². The molecule has 8 heteroatoms. The van der Waals surface area contributed by atoms with Gasteiger partial charge in [0.25, 0.3) is 5.56 Å². The van der Waals surface area contributed by atoms with E-state index in [-0.39, 0.29) is 11.5 Å². The zero-order chi connectivity index (χ0) is 21.3. The maximum atomic E-state index is 12.9. The number of rotatable bonds is 7. The van der Waals surface area contributed by atoms with Gasteiger partial charge in [-0.05, 0) is 30.7 Å². The lowest BCUT2D eigenvalue weighted by atomic mass is 10.0. The van der Waals surface area contributed by atoms with Crippen molar-refractivity contribution >= 4 is 5.65 Å². The summed E-state index contributed by atoms with van der Waals surface area (Å²) in [5.74, 6) is 0.784. The maximum absolute atomic E-state index is 12.9. The quantitative estimate of drug-likeness (QED) is 0.509. The summed E-state index contributed by atoms with van der Waals surface area (Å²) in [4.78, 5) is 17.8. The van der Waals surface area contributed by atoms with E-state index in [4.69, 9.17) is 14.5 Å². The van der Waals surface area contributed by atoms with E-state index in [9.17, 15) is 4.79 Å². The summed E-state index contributed by atoms with van der Waals surface area (Å²) in [7, 11) is 3.26. The predicted molar refractivity (Wildman–Crippen MR) is 114 cm³/mol. The molecule has 0 saturated carbocycles. The van der Waals surface area contributed by atoms with E-state index in [2.05, 4.69) is 17.1 Å². The molecule has 4 aromatic rings. The Morgan fingerprint density at radius 3 is 2.57 bits per heavy atom. The standard InChI is InChI=1S/C22H25N5O3/c1-14(12-26-15(2)9-10-23-26)18-11-20(28)27-22(24-18)21(19(25-27)13-29-3)16-5-7-17(30-4)8-6-16/h5-11,14,25H,12-13H2,1-4H3/t14-/m1/s1. The van der Waals surface area contributed by atoms with Crippen LogP contribution in [0.15, 0.2) is 47.4 Å². The van der Waals surface area contributed by atoms with Crippen LogP contribution in [0.1, 0.15) is 29.9 Å². The summed E-state index contributed by atoms with van der Waals surface area (Å²) in [5, 5.41) is 7.50. The zero-order valence-corrected chi connectivity index (χ0v) is 17.5. The highest BCUT2D eigenvalue weighted by atomic mass is 16.5. The van der Waals surface area contributed by atoms with Crippen LogP contribution in [0.25, 0.3) is 16.8 Å². The molecular formula is C22H25N5O3. The van der Waals surface area contributed by atoms with Crippen LogP contribution in [0.3, 0.4) is 0 Å². The molecule has 1 atom stereocenters. The number of ether oxygens (including phenoxy) is 2. The molecule has 3 heterocycles. The van der Waals surface area contributed by atoms with E-state index in [0.29, 0.717) is 18.8 Å². The summed E-state index contributed by atoms with van der Waals surface area (Å²) >= 11 is 0. The van der Waals surface area contributed by atoms with Gasteiger partial charge in [-0.25, -0.2) is 9.50 Å². The summed E-state index contributed by atoms with van der Waals surface area (Å²) in [6.45, 7) is 5.04. The fraction of sp³-hybridized carbons (Fsp3) is 0.318. The van der Waals surface area contributed by atoms with E-state index in [1.807, 2.05) is 41.9 Å². The van der Waals surface area contributed by atoms with Crippen molar-refractivity contribution in [2.75, 3.05) is 14.2 Å². The van der Waals surface area contributed by atoms with E-state index >= 15 is 0 Å². The molecule has 30 heavy (non-hydrogen) atoms. The first-order valence-electron chi connectivity index (χ1n) is 9.78. The highest BCUT2D eigenvalue weighted by Crippen LogP contribution is 2.30. The molecule has 0 aliphatic heterocycles. The molecule has 3 aromatic heterocycles. The number of nitrogens with zero attached hydrogens (tertiary/aromatic N) is 4. The maximum Gasteiger partial charge on any atom is 0.272 e. The van der Waals surface area contributed by atoms with Crippen molar-refractivity contribution in [1.82, 2.24) is 24.4 Å². The van der Waals surface area contributed by atoms with Crippen LogP contribution in [0, 0.1) is 6.92 Å². The molecule has 0 fully saturated rings. The molecule has 0 bridgehead atoms. The van der Waals surface area contributed by atoms with Crippen molar-refractivity contribution in [3.63, 3.8) is 0 Å². The van der Waals surface area contributed by atoms with E-state index < -0.39 is 0 Å². The van der Waals surface area contributed by atoms with Gasteiger partial charge < -0.3 is 9.47 Å². The molecule has 1 N–H and O–H groups in total. The number of nitrogens with one attached hydrogen (secondary N) is 1. The first kappa shape index (κ1) is 19.9. The molecule has 8 nitrogen and oxygen atoms in total. The highest BCUT2D eigenvalue weighted by Gasteiger charge is 2.19. The molecule has 0 amide bonds. The Labute approximate surface area is 174 Å². The third kappa shape index (κ3) is 3.61. The first-order valence-corrected chi connectivity index (χ1v) is 9.78. The normalized spacial score (nSPS) is 12.4. The van der Waals surface area contributed by atoms with Crippen LogP contribution in [-0.2, 0) is 17.9 Å². The monoisotopic (exact) mass is 407 g/mol. The molecule has 0 radical (unpaired) electrons. The van der Waals surface area contributed by atoms with Crippen molar-refractivity contribution in [3.8, 4) is 16.9 Å². The number of methoxy groups -OCH3 is 2. The summed E-state index contributed by atoms with van der Waals surface area (Å²) < 4.78 is 14.0. The van der Waals surface area contributed by atoms with Gasteiger partial charge in [-0.1, -0.05) is 19.1 Å². The highest BCUT2D eigenvalue weighted by molar-refractivity contribution is 5.80. The van der Waals surface area contributed by atoms with Crippen LogP contribution in [-0.4, -0.2) is 38.6 Å². The van der Waals surface area contributed by atoms with Gasteiger partial charge in [0.1, 0.15) is 5.75 Å². The number of aromatic nitrogens is 5. The average molecular weight is 407 g/mol. The Hall–Kier alpha value is -3.39. The molecule has 0 aliphatic rings. The van der Waals surface area contributed by atoms with Crippen LogP contribution in [0.2, 0.25) is 0 Å². The van der Waals surface area contributed by atoms with Crippen LogP contribution in [0.5, 0.6) is 5.75 Å². The van der Waals surface area contributed by atoms with Gasteiger partial charge in [0.05, 0.1) is 25.1 Å². The van der Waals surface area contributed by atoms with Gasteiger partial charge >= 0.3 is 0 Å². The Kier molecular flexibility index (Phi) is 5.41. The van der Waals surface area contributed by atoms with E-state index in [1.165, 1.54) is 4.52 Å². The summed E-state index contributed by atoms with van der Waals surface area (Å²) in [6.07, 6.45) is 1.78. The second-order valence-corrected chi connectivity index (χ2v) is 7.36. The Bertz CT molecular complexity index is 1220. The number of aryl methyl sites for hydroxylation is 1.